The number of aliphatic hydroxyl groups excluding tert-OH is 1. The molecule has 1 aliphatic rings. The zero-order valence-electron chi connectivity index (χ0n) is 13.8. The fourth-order valence-electron chi connectivity index (χ4n) is 3.07. The third kappa shape index (κ3) is 4.14. The van der Waals surface area contributed by atoms with Crippen molar-refractivity contribution in [3.05, 3.63) is 42.7 Å². The molecule has 2 N–H and O–H groups in total. The number of anilines is 2. The van der Waals surface area contributed by atoms with E-state index >= 15 is 0 Å². The summed E-state index contributed by atoms with van der Waals surface area (Å²) in [6, 6.07) is 9.77. The number of para-hydroxylation sites is 2. The van der Waals surface area contributed by atoms with Gasteiger partial charge in [-0.3, -0.25) is 9.48 Å². The van der Waals surface area contributed by atoms with E-state index in [1.54, 1.807) is 10.9 Å². The third-order valence-electron chi connectivity index (χ3n) is 4.52. The van der Waals surface area contributed by atoms with Gasteiger partial charge in [-0.1, -0.05) is 12.1 Å². The number of hydrogen-bond donors (Lipinski definition) is 2. The maximum Gasteiger partial charge on any atom is 0.226 e. The average molecular weight is 328 g/mol. The number of aryl methyl sites for hydroxylation is 1. The second-order valence-corrected chi connectivity index (χ2v) is 6.20. The van der Waals surface area contributed by atoms with Crippen LogP contribution in [0.2, 0.25) is 0 Å². The van der Waals surface area contributed by atoms with Crippen LogP contribution in [0.4, 0.5) is 11.4 Å². The molecule has 6 heteroatoms. The van der Waals surface area contributed by atoms with Crippen molar-refractivity contribution in [1.82, 2.24) is 9.78 Å². The van der Waals surface area contributed by atoms with Crippen LogP contribution in [0.3, 0.4) is 0 Å². The summed E-state index contributed by atoms with van der Waals surface area (Å²) in [5, 5.41) is 16.4. The van der Waals surface area contributed by atoms with Crippen molar-refractivity contribution >= 4 is 17.3 Å². The van der Waals surface area contributed by atoms with Gasteiger partial charge >= 0.3 is 0 Å². The number of nitrogens with one attached hydrogen (secondary N) is 1. The Hall–Kier alpha value is -2.34. The molecule has 2 heterocycles. The zero-order valence-corrected chi connectivity index (χ0v) is 13.8. The van der Waals surface area contributed by atoms with Gasteiger partial charge in [0.05, 0.1) is 11.4 Å². The Morgan fingerprint density at radius 1 is 1.25 bits per heavy atom. The molecular weight excluding hydrogens is 304 g/mol. The van der Waals surface area contributed by atoms with E-state index < -0.39 is 0 Å². The van der Waals surface area contributed by atoms with Crippen molar-refractivity contribution in [2.45, 2.75) is 25.8 Å². The van der Waals surface area contributed by atoms with Crippen LogP contribution in [-0.4, -0.2) is 40.5 Å². The Kier molecular flexibility index (Phi) is 5.48. The van der Waals surface area contributed by atoms with Gasteiger partial charge in [0.15, 0.2) is 0 Å². The van der Waals surface area contributed by atoms with E-state index in [1.165, 1.54) is 0 Å². The topological polar surface area (TPSA) is 70.4 Å². The molecular formula is C18H24N4O2. The lowest BCUT2D eigenvalue weighted by Gasteiger charge is -2.34. The van der Waals surface area contributed by atoms with Gasteiger partial charge in [-0.2, -0.15) is 5.10 Å². The summed E-state index contributed by atoms with van der Waals surface area (Å²) in [7, 11) is 0. The van der Waals surface area contributed by atoms with Crippen molar-refractivity contribution in [1.29, 1.82) is 0 Å². The number of rotatable bonds is 6. The number of piperidine rings is 1. The molecule has 24 heavy (non-hydrogen) atoms. The quantitative estimate of drug-likeness (QED) is 0.852. The van der Waals surface area contributed by atoms with E-state index in [0.717, 1.165) is 37.3 Å². The minimum atomic E-state index is -0.0109. The van der Waals surface area contributed by atoms with Crippen LogP contribution in [0.15, 0.2) is 42.7 Å². The second-order valence-electron chi connectivity index (χ2n) is 6.20. The van der Waals surface area contributed by atoms with Crippen molar-refractivity contribution in [3.63, 3.8) is 0 Å². The second kappa shape index (κ2) is 7.97. The van der Waals surface area contributed by atoms with E-state index in [9.17, 15) is 9.90 Å². The molecule has 1 saturated heterocycles. The van der Waals surface area contributed by atoms with Crippen molar-refractivity contribution in [3.8, 4) is 0 Å². The standard InChI is InChI=1S/C18H24N4O2/c23-14-15-6-11-21(12-7-15)17-5-2-1-4-16(17)20-18(24)8-13-22-10-3-9-19-22/h1-5,9-10,15,23H,6-8,11-14H2,(H,20,24). The van der Waals surface area contributed by atoms with Crippen LogP contribution in [-0.2, 0) is 11.3 Å². The van der Waals surface area contributed by atoms with E-state index in [-0.39, 0.29) is 12.5 Å². The fourth-order valence-corrected chi connectivity index (χ4v) is 3.07. The first-order chi connectivity index (χ1) is 11.8. The number of aromatic nitrogens is 2. The Bertz CT molecular complexity index is 649. The monoisotopic (exact) mass is 328 g/mol. The molecule has 0 unspecified atom stereocenters. The summed E-state index contributed by atoms with van der Waals surface area (Å²) in [6.07, 6.45) is 5.93. The largest absolute Gasteiger partial charge is 0.396 e. The number of nitrogens with zero attached hydrogens (tertiary/aromatic N) is 3. The lowest BCUT2D eigenvalue weighted by Crippen LogP contribution is -2.35. The molecule has 1 fully saturated rings. The Labute approximate surface area is 142 Å². The van der Waals surface area contributed by atoms with Gasteiger partial charge in [0.1, 0.15) is 0 Å². The predicted molar refractivity (Wildman–Crippen MR) is 93.9 cm³/mol. The molecule has 0 aliphatic carbocycles. The first-order valence-corrected chi connectivity index (χ1v) is 8.48. The number of amides is 1. The number of hydrogen-bond acceptors (Lipinski definition) is 4. The molecule has 0 bridgehead atoms. The minimum Gasteiger partial charge on any atom is -0.396 e. The van der Waals surface area contributed by atoms with Gasteiger partial charge < -0.3 is 15.3 Å². The summed E-state index contributed by atoms with van der Waals surface area (Å²) >= 11 is 0. The average Bonchev–Trinajstić information content (AvgIpc) is 3.14. The zero-order chi connectivity index (χ0) is 16.8. The fraction of sp³-hybridized carbons (Fsp3) is 0.444. The molecule has 1 aromatic carbocycles. The summed E-state index contributed by atoms with van der Waals surface area (Å²) in [5.41, 5.74) is 1.91. The molecule has 2 aromatic rings. The van der Waals surface area contributed by atoms with Crippen molar-refractivity contribution < 1.29 is 9.90 Å². The number of carbonyl (C=O) groups is 1. The molecule has 1 amide bonds. The van der Waals surface area contributed by atoms with Crippen LogP contribution in [0.5, 0.6) is 0 Å². The van der Waals surface area contributed by atoms with Gasteiger partial charge in [-0.15, -0.1) is 0 Å². The van der Waals surface area contributed by atoms with Gasteiger partial charge in [-0.25, -0.2) is 0 Å². The van der Waals surface area contributed by atoms with Crippen LogP contribution in [0, 0.1) is 5.92 Å². The minimum absolute atomic E-state index is 0.0109. The molecule has 0 atom stereocenters. The van der Waals surface area contributed by atoms with Gasteiger partial charge in [-0.05, 0) is 37.0 Å². The summed E-state index contributed by atoms with van der Waals surface area (Å²) in [4.78, 5) is 14.5. The molecule has 1 aromatic heterocycles. The summed E-state index contributed by atoms with van der Waals surface area (Å²) in [5.74, 6) is 0.389. The molecule has 0 radical (unpaired) electrons. The van der Waals surface area contributed by atoms with Crippen LogP contribution < -0.4 is 10.2 Å². The van der Waals surface area contributed by atoms with Crippen LogP contribution in [0.1, 0.15) is 19.3 Å². The molecule has 0 saturated carbocycles. The van der Waals surface area contributed by atoms with Crippen LogP contribution in [0.25, 0.3) is 0 Å². The van der Waals surface area contributed by atoms with E-state index in [0.29, 0.717) is 18.9 Å². The third-order valence-corrected chi connectivity index (χ3v) is 4.52. The SMILES string of the molecule is O=C(CCn1cccn1)Nc1ccccc1N1CCC(CO)CC1. The maximum atomic E-state index is 12.2. The van der Waals surface area contributed by atoms with Crippen molar-refractivity contribution in [2.24, 2.45) is 5.92 Å². The van der Waals surface area contributed by atoms with E-state index in [4.69, 9.17) is 0 Å². The number of aliphatic hydroxyl groups is 1. The lowest BCUT2D eigenvalue weighted by atomic mass is 9.97. The van der Waals surface area contributed by atoms with E-state index in [2.05, 4.69) is 15.3 Å². The summed E-state index contributed by atoms with van der Waals surface area (Å²) in [6.45, 7) is 2.65. The molecule has 0 spiro atoms. The normalized spacial score (nSPS) is 15.5. The Balaban J connectivity index is 1.60. The van der Waals surface area contributed by atoms with Crippen LogP contribution >= 0.6 is 0 Å². The highest BCUT2D eigenvalue weighted by Gasteiger charge is 2.20. The highest BCUT2D eigenvalue weighted by Crippen LogP contribution is 2.29. The first-order valence-electron chi connectivity index (χ1n) is 8.48. The maximum absolute atomic E-state index is 12.2. The first kappa shape index (κ1) is 16.5. The highest BCUT2D eigenvalue weighted by molar-refractivity contribution is 5.94. The summed E-state index contributed by atoms with van der Waals surface area (Å²) < 4.78 is 1.76. The Morgan fingerprint density at radius 3 is 2.75 bits per heavy atom. The van der Waals surface area contributed by atoms with E-state index in [1.807, 2.05) is 36.5 Å². The molecule has 1 aliphatic heterocycles. The van der Waals surface area contributed by atoms with Gasteiger partial charge in [0.25, 0.3) is 0 Å². The molecule has 128 valence electrons. The number of carbonyl (C=O) groups excluding carboxylic acids is 1. The van der Waals surface area contributed by atoms with Gasteiger partial charge in [0, 0.05) is 45.1 Å². The smallest absolute Gasteiger partial charge is 0.226 e. The number of benzene rings is 1. The highest BCUT2D eigenvalue weighted by atomic mass is 16.3. The lowest BCUT2D eigenvalue weighted by molar-refractivity contribution is -0.116. The Morgan fingerprint density at radius 2 is 2.04 bits per heavy atom. The molecule has 3 rings (SSSR count). The molecule has 6 nitrogen and oxygen atoms in total. The van der Waals surface area contributed by atoms with Gasteiger partial charge in [0.2, 0.25) is 5.91 Å². The van der Waals surface area contributed by atoms with Crippen molar-refractivity contribution in [2.75, 3.05) is 29.9 Å². The predicted octanol–water partition coefficient (Wildman–Crippen LogP) is 2.12.